The third-order valence-electron chi connectivity index (χ3n) is 1.92. The lowest BCUT2D eigenvalue weighted by molar-refractivity contribution is 0.0690. The number of carboxylic acids is 1. The Bertz CT molecular complexity index is 544. The van der Waals surface area contributed by atoms with E-state index in [1.165, 1.54) is 12.3 Å². The number of anilines is 1. The van der Waals surface area contributed by atoms with E-state index in [9.17, 15) is 4.79 Å². The molecule has 2 N–H and O–H groups in total. The summed E-state index contributed by atoms with van der Waals surface area (Å²) in [6.07, 6.45) is 1.42. The van der Waals surface area contributed by atoms with Crippen LogP contribution in [0.15, 0.2) is 28.2 Å². The Labute approximate surface area is 110 Å². The van der Waals surface area contributed by atoms with Gasteiger partial charge in [-0.25, -0.2) is 14.8 Å². The minimum absolute atomic E-state index is 0.0186. The highest BCUT2D eigenvalue weighted by atomic mass is 79.9. The van der Waals surface area contributed by atoms with E-state index < -0.39 is 5.97 Å². The van der Waals surface area contributed by atoms with Crippen molar-refractivity contribution in [1.82, 2.24) is 9.97 Å². The number of aromatic carboxylic acids is 1. The number of hydrogen-bond acceptors (Lipinski definition) is 5. The number of carboxylic acid groups (broad SMARTS) is 1. The molecular weight excluding hydrogens is 306 g/mol. The maximum atomic E-state index is 10.7. The van der Waals surface area contributed by atoms with Crippen molar-refractivity contribution in [2.75, 3.05) is 5.32 Å². The average molecular weight is 314 g/mol. The fourth-order valence-electron chi connectivity index (χ4n) is 1.18. The van der Waals surface area contributed by atoms with Crippen LogP contribution in [0.1, 0.15) is 15.4 Å². The summed E-state index contributed by atoms with van der Waals surface area (Å²) in [7, 11) is 0. The molecule has 2 aromatic heterocycles. The molecule has 88 valence electrons. The Kier molecular flexibility index (Phi) is 3.70. The smallest absolute Gasteiger partial charge is 0.354 e. The van der Waals surface area contributed by atoms with Crippen LogP contribution in [-0.4, -0.2) is 21.0 Å². The van der Waals surface area contributed by atoms with Crippen LogP contribution in [0.4, 0.5) is 5.95 Å². The van der Waals surface area contributed by atoms with Gasteiger partial charge in [0.15, 0.2) is 5.69 Å². The molecule has 5 nitrogen and oxygen atoms in total. The van der Waals surface area contributed by atoms with Gasteiger partial charge in [0.2, 0.25) is 5.95 Å². The summed E-state index contributed by atoms with van der Waals surface area (Å²) in [5.41, 5.74) is -0.0186. The van der Waals surface area contributed by atoms with Gasteiger partial charge >= 0.3 is 5.97 Å². The highest BCUT2D eigenvalue weighted by Crippen LogP contribution is 2.22. The average Bonchev–Trinajstić information content (AvgIpc) is 2.73. The second-order valence-corrected chi connectivity index (χ2v) is 5.68. The van der Waals surface area contributed by atoms with Crippen molar-refractivity contribution in [2.24, 2.45) is 0 Å². The molecule has 0 fully saturated rings. The number of hydrogen-bond donors (Lipinski definition) is 2. The van der Waals surface area contributed by atoms with Crippen molar-refractivity contribution in [3.63, 3.8) is 0 Å². The van der Waals surface area contributed by atoms with Crippen LogP contribution in [0.25, 0.3) is 0 Å². The first-order chi connectivity index (χ1) is 8.15. The Morgan fingerprint density at radius 1 is 1.47 bits per heavy atom. The second kappa shape index (κ2) is 5.24. The molecule has 7 heteroatoms. The molecule has 0 aliphatic heterocycles. The summed E-state index contributed by atoms with van der Waals surface area (Å²) in [5, 5.41) is 11.7. The van der Waals surface area contributed by atoms with E-state index in [0.717, 1.165) is 8.66 Å². The van der Waals surface area contributed by atoms with Crippen molar-refractivity contribution in [2.45, 2.75) is 6.54 Å². The standard InChI is InChI=1S/C10H8BrN3O2S/c11-8-2-1-6(17-8)5-13-10-12-4-3-7(14-10)9(15)16/h1-4H,5H2,(H,15,16)(H,12,13,14). The fraction of sp³-hybridized carbons (Fsp3) is 0.100. The topological polar surface area (TPSA) is 75.1 Å². The lowest BCUT2D eigenvalue weighted by Crippen LogP contribution is -2.06. The molecule has 0 amide bonds. The number of carbonyl (C=O) groups is 1. The molecular formula is C10H8BrN3O2S. The van der Waals surface area contributed by atoms with Crippen LogP contribution in [0, 0.1) is 0 Å². The maximum Gasteiger partial charge on any atom is 0.354 e. The zero-order valence-corrected chi connectivity index (χ0v) is 11.0. The van der Waals surface area contributed by atoms with E-state index in [1.807, 2.05) is 12.1 Å². The van der Waals surface area contributed by atoms with Crippen molar-refractivity contribution in [3.8, 4) is 0 Å². The maximum absolute atomic E-state index is 10.7. The van der Waals surface area contributed by atoms with E-state index >= 15 is 0 Å². The van der Waals surface area contributed by atoms with Gasteiger partial charge in [0, 0.05) is 11.1 Å². The van der Waals surface area contributed by atoms with Gasteiger partial charge in [0.05, 0.1) is 10.3 Å². The number of rotatable bonds is 4. The van der Waals surface area contributed by atoms with Crippen LogP contribution in [-0.2, 0) is 6.54 Å². The lowest BCUT2D eigenvalue weighted by Gasteiger charge is -2.02. The Balaban J connectivity index is 2.04. The third-order valence-corrected chi connectivity index (χ3v) is 3.55. The normalized spacial score (nSPS) is 10.2. The monoisotopic (exact) mass is 313 g/mol. The molecule has 0 saturated carbocycles. The second-order valence-electron chi connectivity index (χ2n) is 3.13. The van der Waals surface area contributed by atoms with Crippen molar-refractivity contribution in [3.05, 3.63) is 38.8 Å². The molecule has 17 heavy (non-hydrogen) atoms. The molecule has 0 bridgehead atoms. The van der Waals surface area contributed by atoms with Crippen LogP contribution in [0.2, 0.25) is 0 Å². The van der Waals surface area contributed by atoms with Crippen molar-refractivity contribution < 1.29 is 9.90 Å². The van der Waals surface area contributed by atoms with Gasteiger partial charge < -0.3 is 10.4 Å². The zero-order chi connectivity index (χ0) is 12.3. The molecule has 2 heterocycles. The fourth-order valence-corrected chi connectivity index (χ4v) is 2.60. The summed E-state index contributed by atoms with van der Waals surface area (Å²) in [6.45, 7) is 0.569. The molecule has 2 rings (SSSR count). The van der Waals surface area contributed by atoms with E-state index in [2.05, 4.69) is 31.2 Å². The number of halogens is 1. The lowest BCUT2D eigenvalue weighted by atomic mass is 10.4. The summed E-state index contributed by atoms with van der Waals surface area (Å²) in [4.78, 5) is 19.6. The number of aromatic nitrogens is 2. The van der Waals surface area contributed by atoms with E-state index in [0.29, 0.717) is 12.5 Å². The highest BCUT2D eigenvalue weighted by Gasteiger charge is 2.06. The van der Waals surface area contributed by atoms with Gasteiger partial charge in [-0.1, -0.05) is 0 Å². The van der Waals surface area contributed by atoms with Gasteiger partial charge in [0.25, 0.3) is 0 Å². The summed E-state index contributed by atoms with van der Waals surface area (Å²) in [5.74, 6) is -0.747. The third kappa shape index (κ3) is 3.24. The molecule has 0 aliphatic rings. The predicted molar refractivity (Wildman–Crippen MR) is 68.3 cm³/mol. The molecule has 0 radical (unpaired) electrons. The zero-order valence-electron chi connectivity index (χ0n) is 8.55. The quantitative estimate of drug-likeness (QED) is 0.907. The Morgan fingerprint density at radius 2 is 2.29 bits per heavy atom. The predicted octanol–water partition coefficient (Wildman–Crippen LogP) is 2.61. The summed E-state index contributed by atoms with van der Waals surface area (Å²) >= 11 is 4.97. The van der Waals surface area contributed by atoms with Gasteiger partial charge in [-0.3, -0.25) is 0 Å². The van der Waals surface area contributed by atoms with E-state index in [1.54, 1.807) is 11.3 Å². The van der Waals surface area contributed by atoms with Crippen molar-refractivity contribution in [1.29, 1.82) is 0 Å². The number of thiophene rings is 1. The molecule has 2 aromatic rings. The molecule has 0 spiro atoms. The van der Waals surface area contributed by atoms with Gasteiger partial charge in [-0.15, -0.1) is 11.3 Å². The summed E-state index contributed by atoms with van der Waals surface area (Å²) < 4.78 is 1.05. The van der Waals surface area contributed by atoms with Crippen LogP contribution in [0.5, 0.6) is 0 Å². The Morgan fingerprint density at radius 3 is 2.94 bits per heavy atom. The molecule has 0 atom stereocenters. The highest BCUT2D eigenvalue weighted by molar-refractivity contribution is 9.11. The first kappa shape index (κ1) is 12.0. The minimum atomic E-state index is -1.06. The van der Waals surface area contributed by atoms with E-state index in [4.69, 9.17) is 5.11 Å². The van der Waals surface area contributed by atoms with E-state index in [-0.39, 0.29) is 5.69 Å². The Hall–Kier alpha value is -1.47. The number of nitrogens with one attached hydrogen (secondary N) is 1. The van der Waals surface area contributed by atoms with Gasteiger partial charge in [-0.2, -0.15) is 0 Å². The first-order valence-corrected chi connectivity index (χ1v) is 6.30. The number of nitrogens with zero attached hydrogens (tertiary/aromatic N) is 2. The van der Waals surface area contributed by atoms with Crippen LogP contribution >= 0.6 is 27.3 Å². The van der Waals surface area contributed by atoms with Crippen LogP contribution < -0.4 is 5.32 Å². The largest absolute Gasteiger partial charge is 0.477 e. The molecule has 0 unspecified atom stereocenters. The first-order valence-electron chi connectivity index (χ1n) is 4.69. The van der Waals surface area contributed by atoms with Gasteiger partial charge in [0.1, 0.15) is 0 Å². The summed E-state index contributed by atoms with van der Waals surface area (Å²) in [6, 6.07) is 5.29. The molecule has 0 aliphatic carbocycles. The molecule has 0 aromatic carbocycles. The van der Waals surface area contributed by atoms with Gasteiger partial charge in [-0.05, 0) is 34.1 Å². The van der Waals surface area contributed by atoms with Crippen LogP contribution in [0.3, 0.4) is 0 Å². The SMILES string of the molecule is O=C(O)c1ccnc(NCc2ccc(Br)s2)n1. The molecule has 0 saturated heterocycles. The van der Waals surface area contributed by atoms with Crippen molar-refractivity contribution >= 4 is 39.2 Å². The minimum Gasteiger partial charge on any atom is -0.477 e.